The van der Waals surface area contributed by atoms with E-state index in [1.165, 1.54) is 5.56 Å². The Morgan fingerprint density at radius 2 is 1.56 bits per heavy atom. The molecule has 0 bridgehead atoms. The summed E-state index contributed by atoms with van der Waals surface area (Å²) in [5.74, 6) is -1.01. The first-order valence-corrected chi connectivity index (χ1v) is 12.1. The van der Waals surface area contributed by atoms with Crippen molar-refractivity contribution >= 4 is 17.9 Å². The lowest BCUT2D eigenvalue weighted by atomic mass is 9.84. The maximum absolute atomic E-state index is 11.1. The summed E-state index contributed by atoms with van der Waals surface area (Å²) in [6.07, 6.45) is 4.30. The zero-order chi connectivity index (χ0) is 29.1. The first-order chi connectivity index (χ1) is 18.4. The highest BCUT2D eigenvalue weighted by atomic mass is 16.5. The average molecular weight is 544 g/mol. The largest absolute Gasteiger partial charge is 0.496 e. The summed E-state index contributed by atoms with van der Waals surface area (Å²) in [6, 6.07) is 15.8. The molecule has 5 N–H and O–H groups in total. The van der Waals surface area contributed by atoms with Gasteiger partial charge in [-0.1, -0.05) is 36.3 Å². The summed E-state index contributed by atoms with van der Waals surface area (Å²) in [5, 5.41) is 44.9. The summed E-state index contributed by atoms with van der Waals surface area (Å²) >= 11 is 0. The molecule has 0 unspecified atom stereocenters. The number of piperidine rings is 1. The lowest BCUT2D eigenvalue weighted by Crippen LogP contribution is -2.42. The second kappa shape index (κ2) is 14.2. The molecule has 39 heavy (non-hydrogen) atoms. The lowest BCUT2D eigenvalue weighted by molar-refractivity contribution is -0.170. The monoisotopic (exact) mass is 543 g/mol. The summed E-state index contributed by atoms with van der Waals surface area (Å²) in [6.45, 7) is 2.82. The van der Waals surface area contributed by atoms with Crippen molar-refractivity contribution < 1.29 is 49.4 Å². The fraction of sp³-hybridized carbons (Fsp3) is 0.393. The SMILES string of the molecule is C#CCOc1ccc(CN2CCC(O)(c3ccccc3OC)CC2)cc1.O=C(O)CC(O)(CC(=O)O)C(=O)O. The number of ether oxygens (including phenoxy) is 2. The van der Waals surface area contributed by atoms with Crippen LogP contribution in [0.15, 0.2) is 48.5 Å². The topological polar surface area (TPSA) is 174 Å². The van der Waals surface area contributed by atoms with Gasteiger partial charge in [0.1, 0.15) is 18.1 Å². The van der Waals surface area contributed by atoms with E-state index in [0.29, 0.717) is 12.8 Å². The number of hydrogen-bond acceptors (Lipinski definition) is 8. The molecule has 11 nitrogen and oxygen atoms in total. The quantitative estimate of drug-likeness (QED) is 0.262. The highest BCUT2D eigenvalue weighted by molar-refractivity contribution is 5.88. The molecule has 2 aromatic rings. The molecule has 1 aliphatic rings. The number of methoxy groups -OCH3 is 1. The van der Waals surface area contributed by atoms with Crippen molar-refractivity contribution in [3.63, 3.8) is 0 Å². The van der Waals surface area contributed by atoms with E-state index < -0.39 is 42.0 Å². The zero-order valence-corrected chi connectivity index (χ0v) is 21.6. The minimum absolute atomic E-state index is 0.285. The van der Waals surface area contributed by atoms with E-state index >= 15 is 0 Å². The Labute approximate surface area is 226 Å². The number of carboxylic acids is 3. The van der Waals surface area contributed by atoms with E-state index in [1.54, 1.807) is 7.11 Å². The Morgan fingerprint density at radius 3 is 2.05 bits per heavy atom. The molecule has 1 saturated heterocycles. The van der Waals surface area contributed by atoms with Crippen molar-refractivity contribution in [1.29, 1.82) is 0 Å². The average Bonchev–Trinajstić information content (AvgIpc) is 2.89. The molecule has 0 amide bonds. The van der Waals surface area contributed by atoms with Gasteiger partial charge in [-0.3, -0.25) is 14.5 Å². The molecule has 0 saturated carbocycles. The van der Waals surface area contributed by atoms with Gasteiger partial charge in [0.05, 0.1) is 25.6 Å². The Balaban J connectivity index is 0.000000349. The molecule has 0 radical (unpaired) electrons. The van der Waals surface area contributed by atoms with E-state index in [2.05, 4.69) is 23.0 Å². The standard InChI is InChI=1S/C22H25NO3.C6H8O7/c1-3-16-26-19-10-8-18(9-11-19)17-23-14-12-22(24,13-15-23)20-6-4-5-7-21(20)25-2;7-3(8)1-6(13,5(11)12)2-4(9)10/h1,4-11,24H,12-17H2,2H3;13H,1-2H2,(H,7,8)(H,9,10)(H,11,12). The number of hydrogen-bond donors (Lipinski definition) is 5. The van der Waals surface area contributed by atoms with Crippen molar-refractivity contribution in [1.82, 2.24) is 4.90 Å². The van der Waals surface area contributed by atoms with Crippen molar-refractivity contribution in [2.75, 3.05) is 26.8 Å². The first kappa shape index (κ1) is 31.1. The zero-order valence-electron chi connectivity index (χ0n) is 21.6. The number of rotatable bonds is 11. The van der Waals surface area contributed by atoms with Gasteiger partial charge in [-0.05, 0) is 36.6 Å². The second-order valence-electron chi connectivity index (χ2n) is 9.12. The Hall–Kier alpha value is -4.11. The molecule has 0 atom stereocenters. The van der Waals surface area contributed by atoms with E-state index in [0.717, 1.165) is 36.7 Å². The Kier molecular flexibility index (Phi) is 11.3. The molecule has 1 heterocycles. The normalized spacial score (nSPS) is 14.7. The van der Waals surface area contributed by atoms with Gasteiger partial charge in [-0.25, -0.2) is 4.79 Å². The highest BCUT2D eigenvalue weighted by Crippen LogP contribution is 2.38. The molecule has 1 aliphatic heterocycles. The van der Waals surface area contributed by atoms with Crippen LogP contribution in [-0.2, 0) is 26.5 Å². The van der Waals surface area contributed by atoms with Crippen molar-refractivity contribution in [2.24, 2.45) is 0 Å². The number of terminal acetylenes is 1. The van der Waals surface area contributed by atoms with Crippen LogP contribution in [0.5, 0.6) is 11.5 Å². The maximum Gasteiger partial charge on any atom is 0.336 e. The number of benzene rings is 2. The van der Waals surface area contributed by atoms with E-state index in [1.807, 2.05) is 36.4 Å². The Bertz CT molecular complexity index is 1150. The van der Waals surface area contributed by atoms with Crippen LogP contribution in [0.1, 0.15) is 36.8 Å². The third-order valence-electron chi connectivity index (χ3n) is 6.23. The highest BCUT2D eigenvalue weighted by Gasteiger charge is 2.41. The van der Waals surface area contributed by atoms with E-state index in [4.69, 9.17) is 36.3 Å². The molecule has 3 rings (SSSR count). The molecular weight excluding hydrogens is 510 g/mol. The van der Waals surface area contributed by atoms with Crippen molar-refractivity contribution in [3.05, 3.63) is 59.7 Å². The number of carbonyl (C=O) groups is 3. The van der Waals surface area contributed by atoms with Gasteiger partial charge in [0, 0.05) is 25.2 Å². The van der Waals surface area contributed by atoms with E-state index in [-0.39, 0.29) is 6.61 Å². The number of para-hydroxylation sites is 1. The third kappa shape index (κ3) is 9.30. The minimum atomic E-state index is -2.74. The van der Waals surface area contributed by atoms with Crippen molar-refractivity contribution in [3.8, 4) is 23.8 Å². The van der Waals surface area contributed by atoms with Crippen LogP contribution in [-0.4, -0.2) is 80.7 Å². The fourth-order valence-electron chi connectivity index (χ4n) is 4.17. The third-order valence-corrected chi connectivity index (χ3v) is 6.23. The van der Waals surface area contributed by atoms with Gasteiger partial charge in [0.2, 0.25) is 0 Å². The molecule has 2 aromatic carbocycles. The fourth-order valence-corrected chi connectivity index (χ4v) is 4.17. The summed E-state index contributed by atoms with van der Waals surface area (Å²) in [5.41, 5.74) is -1.45. The number of aliphatic carboxylic acids is 3. The van der Waals surface area contributed by atoms with Gasteiger partial charge in [0.25, 0.3) is 0 Å². The predicted molar refractivity (Wildman–Crippen MR) is 139 cm³/mol. The molecule has 0 spiro atoms. The number of carboxylic acid groups (broad SMARTS) is 3. The molecule has 0 aliphatic carbocycles. The Morgan fingerprint density at radius 1 is 1.00 bits per heavy atom. The van der Waals surface area contributed by atoms with Crippen LogP contribution in [0.4, 0.5) is 0 Å². The maximum atomic E-state index is 11.1. The molecule has 11 heteroatoms. The predicted octanol–water partition coefficient (Wildman–Crippen LogP) is 1.94. The van der Waals surface area contributed by atoms with Crippen LogP contribution in [0.25, 0.3) is 0 Å². The van der Waals surface area contributed by atoms with Gasteiger partial charge < -0.3 is 35.0 Å². The minimum Gasteiger partial charge on any atom is -0.496 e. The smallest absolute Gasteiger partial charge is 0.336 e. The number of nitrogens with zero attached hydrogens (tertiary/aromatic N) is 1. The van der Waals surface area contributed by atoms with E-state index in [9.17, 15) is 19.5 Å². The van der Waals surface area contributed by atoms with Crippen molar-refractivity contribution in [2.45, 2.75) is 43.4 Å². The van der Waals surface area contributed by atoms with Gasteiger partial charge in [0.15, 0.2) is 5.60 Å². The molecule has 210 valence electrons. The number of likely N-dealkylation sites (tertiary alicyclic amines) is 1. The van der Waals surface area contributed by atoms with Crippen LogP contribution in [0.2, 0.25) is 0 Å². The molecular formula is C28H33NO10. The molecule has 1 fully saturated rings. The van der Waals surface area contributed by atoms with Gasteiger partial charge in [-0.2, -0.15) is 0 Å². The van der Waals surface area contributed by atoms with Crippen LogP contribution < -0.4 is 9.47 Å². The summed E-state index contributed by atoms with van der Waals surface area (Å²) in [7, 11) is 1.65. The second-order valence-corrected chi connectivity index (χ2v) is 9.12. The molecule has 0 aromatic heterocycles. The van der Waals surface area contributed by atoms with Crippen LogP contribution >= 0.6 is 0 Å². The van der Waals surface area contributed by atoms with Crippen LogP contribution in [0.3, 0.4) is 0 Å². The van der Waals surface area contributed by atoms with Crippen LogP contribution in [0, 0.1) is 12.3 Å². The summed E-state index contributed by atoms with van der Waals surface area (Å²) < 4.78 is 10.8. The van der Waals surface area contributed by atoms with Gasteiger partial charge >= 0.3 is 17.9 Å². The van der Waals surface area contributed by atoms with Gasteiger partial charge in [-0.15, -0.1) is 6.42 Å². The lowest BCUT2D eigenvalue weighted by Gasteiger charge is -2.39. The summed E-state index contributed by atoms with van der Waals surface area (Å²) in [4.78, 5) is 32.8. The first-order valence-electron chi connectivity index (χ1n) is 12.1. The number of aliphatic hydroxyl groups is 2.